The van der Waals surface area contributed by atoms with Gasteiger partial charge in [0.2, 0.25) is 17.7 Å². The monoisotopic (exact) mass is 556 g/mol. The number of aliphatic carboxylic acids is 1. The Bertz CT molecular complexity index is 890. The van der Waals surface area contributed by atoms with Crippen LogP contribution >= 0.6 is 21.6 Å². The molecule has 208 valence electrons. The van der Waals surface area contributed by atoms with Gasteiger partial charge in [-0.3, -0.25) is 19.2 Å². The summed E-state index contributed by atoms with van der Waals surface area (Å²) in [4.78, 5) is 63.0. The van der Waals surface area contributed by atoms with Crippen molar-refractivity contribution >= 4 is 51.2 Å². The summed E-state index contributed by atoms with van der Waals surface area (Å²) >= 11 is 0. The third-order valence-corrected chi connectivity index (χ3v) is 8.01. The molecule has 1 heterocycles. The molecule has 1 aliphatic rings. The molecule has 0 unspecified atom stereocenters. The van der Waals surface area contributed by atoms with Gasteiger partial charge in [-0.25, -0.2) is 4.79 Å². The van der Waals surface area contributed by atoms with Crippen LogP contribution in [0.4, 0.5) is 0 Å². The van der Waals surface area contributed by atoms with E-state index in [1.54, 1.807) is 45.4 Å². The maximum Gasteiger partial charge on any atom is 0.326 e. The van der Waals surface area contributed by atoms with Gasteiger partial charge in [-0.1, -0.05) is 74.4 Å². The average Bonchev–Trinajstić information content (AvgIpc) is 2.81. The summed E-state index contributed by atoms with van der Waals surface area (Å²) in [6, 6.07) is -2.96. The van der Waals surface area contributed by atoms with E-state index in [-0.39, 0.29) is 41.5 Å². The third-order valence-electron chi connectivity index (χ3n) is 5.57. The number of carbonyl (C=O) groups excluding carboxylic acids is 4. The van der Waals surface area contributed by atoms with Crippen molar-refractivity contribution in [3.63, 3.8) is 0 Å². The molecule has 1 rings (SSSR count). The fraction of sp³-hybridized carbons (Fsp3) is 0.640. The zero-order valence-corrected chi connectivity index (χ0v) is 24.0. The standard InChI is InChI=1S/C25H40N4O6S2/c1-7-17(22(31)29-21(15(4)5)25(34)35)26-23(32)18-13-37-36-11-9-8-10-16(6)12-19(30)28-20(14(2)3)24(33)27-18/h7-8,10,14-16,18,20-21H,9,11-13H2,1-6H3,(H,26,32)(H,27,33)(H,28,30)(H,29,31)(H,34,35)/b10-8+,17-7-/t16-,18-,20-,21+/m1/s1. The third kappa shape index (κ3) is 11.6. The Morgan fingerprint density at radius 1 is 1.14 bits per heavy atom. The van der Waals surface area contributed by atoms with Crippen molar-refractivity contribution in [2.45, 2.75) is 72.5 Å². The van der Waals surface area contributed by atoms with Gasteiger partial charge in [-0.15, -0.1) is 0 Å². The van der Waals surface area contributed by atoms with Crippen LogP contribution in [0.25, 0.3) is 0 Å². The van der Waals surface area contributed by atoms with Crippen LogP contribution < -0.4 is 21.3 Å². The highest BCUT2D eigenvalue weighted by Gasteiger charge is 2.31. The lowest BCUT2D eigenvalue weighted by Crippen LogP contribution is -2.56. The summed E-state index contributed by atoms with van der Waals surface area (Å²) in [6.07, 6.45) is 6.42. The van der Waals surface area contributed by atoms with E-state index in [2.05, 4.69) is 21.3 Å². The first-order valence-electron chi connectivity index (χ1n) is 12.4. The number of carboxylic acids is 1. The van der Waals surface area contributed by atoms with Gasteiger partial charge < -0.3 is 26.4 Å². The quantitative estimate of drug-likeness (QED) is 0.182. The molecule has 5 N–H and O–H groups in total. The Balaban J connectivity index is 3.07. The first kappa shape index (κ1) is 32.6. The Morgan fingerprint density at radius 3 is 2.38 bits per heavy atom. The minimum atomic E-state index is -1.18. The van der Waals surface area contributed by atoms with Crippen LogP contribution in [-0.4, -0.2) is 64.3 Å². The molecular weight excluding hydrogens is 516 g/mol. The average molecular weight is 557 g/mol. The van der Waals surface area contributed by atoms with Crippen LogP contribution in [0.2, 0.25) is 0 Å². The number of hydrogen-bond donors (Lipinski definition) is 5. The molecule has 0 fully saturated rings. The van der Waals surface area contributed by atoms with Gasteiger partial charge in [0.05, 0.1) is 0 Å². The Morgan fingerprint density at radius 2 is 1.81 bits per heavy atom. The van der Waals surface area contributed by atoms with Gasteiger partial charge in [0.1, 0.15) is 23.8 Å². The van der Waals surface area contributed by atoms with Crippen molar-refractivity contribution in [3.8, 4) is 0 Å². The summed E-state index contributed by atoms with van der Waals surface area (Å²) in [5.41, 5.74) is -0.118. The lowest BCUT2D eigenvalue weighted by atomic mass is 10.0. The maximum atomic E-state index is 13.2. The highest BCUT2D eigenvalue weighted by molar-refractivity contribution is 8.76. The van der Waals surface area contributed by atoms with E-state index in [1.165, 1.54) is 16.9 Å². The molecule has 0 saturated carbocycles. The molecule has 0 saturated heterocycles. The summed E-state index contributed by atoms with van der Waals surface area (Å²) in [6.45, 7) is 10.4. The van der Waals surface area contributed by atoms with Crippen LogP contribution in [0.3, 0.4) is 0 Å². The summed E-state index contributed by atoms with van der Waals surface area (Å²) in [5, 5.41) is 19.8. The van der Waals surface area contributed by atoms with Crippen molar-refractivity contribution in [1.82, 2.24) is 21.3 Å². The molecule has 4 amide bonds. The lowest BCUT2D eigenvalue weighted by molar-refractivity contribution is -0.142. The molecule has 0 aliphatic carbocycles. The molecular formula is C25H40N4O6S2. The molecule has 4 atom stereocenters. The smallest absolute Gasteiger partial charge is 0.326 e. The van der Waals surface area contributed by atoms with Gasteiger partial charge in [0.15, 0.2) is 0 Å². The highest BCUT2D eigenvalue weighted by Crippen LogP contribution is 2.23. The van der Waals surface area contributed by atoms with E-state index in [1.807, 2.05) is 19.1 Å². The molecule has 12 heteroatoms. The molecule has 0 radical (unpaired) electrons. The van der Waals surface area contributed by atoms with Crippen LogP contribution in [0.5, 0.6) is 0 Å². The Hall–Kier alpha value is -2.47. The number of carboxylic acid groups (broad SMARTS) is 1. The number of carbonyl (C=O) groups is 5. The van der Waals surface area contributed by atoms with Crippen LogP contribution in [-0.2, 0) is 24.0 Å². The first-order chi connectivity index (χ1) is 17.4. The van der Waals surface area contributed by atoms with Crippen molar-refractivity contribution in [3.05, 3.63) is 23.9 Å². The maximum absolute atomic E-state index is 13.2. The van der Waals surface area contributed by atoms with E-state index in [4.69, 9.17) is 0 Å². The van der Waals surface area contributed by atoms with Gasteiger partial charge in [-0.2, -0.15) is 0 Å². The first-order valence-corrected chi connectivity index (χ1v) is 14.9. The SMILES string of the molecule is C/C=C(\NC(=O)[C@H]1CSSCC/C=C/[C@@H](C)CC(=O)N[C@H](C(C)C)C(=O)N1)C(=O)N[C@H](C(=O)O)C(C)C. The fourth-order valence-electron chi connectivity index (χ4n) is 3.40. The van der Waals surface area contributed by atoms with Gasteiger partial charge >= 0.3 is 5.97 Å². The van der Waals surface area contributed by atoms with E-state index < -0.39 is 41.8 Å². The minimum Gasteiger partial charge on any atom is -0.480 e. The number of hydrogen-bond acceptors (Lipinski definition) is 7. The lowest BCUT2D eigenvalue weighted by Gasteiger charge is -2.26. The second kappa shape index (κ2) is 16.4. The minimum absolute atomic E-state index is 0.0269. The molecule has 0 aromatic carbocycles. The normalized spacial score (nSPS) is 24.2. The molecule has 0 aromatic heterocycles. The zero-order valence-electron chi connectivity index (χ0n) is 22.3. The highest BCUT2D eigenvalue weighted by atomic mass is 33.1. The van der Waals surface area contributed by atoms with Crippen molar-refractivity contribution in [2.24, 2.45) is 17.8 Å². The number of nitrogens with one attached hydrogen (secondary N) is 4. The molecule has 0 bridgehead atoms. The van der Waals surface area contributed by atoms with E-state index in [9.17, 15) is 29.1 Å². The summed E-state index contributed by atoms with van der Waals surface area (Å²) in [7, 11) is 2.97. The molecule has 0 aromatic rings. The summed E-state index contributed by atoms with van der Waals surface area (Å²) < 4.78 is 0. The van der Waals surface area contributed by atoms with Gasteiger partial charge in [0, 0.05) is 17.9 Å². The fourth-order valence-corrected chi connectivity index (χ4v) is 5.56. The van der Waals surface area contributed by atoms with Gasteiger partial charge in [-0.05, 0) is 31.1 Å². The second-order valence-corrected chi connectivity index (χ2v) is 12.2. The Kier molecular flexibility index (Phi) is 14.4. The van der Waals surface area contributed by atoms with E-state index in [0.717, 1.165) is 12.2 Å². The van der Waals surface area contributed by atoms with Crippen molar-refractivity contribution in [1.29, 1.82) is 0 Å². The second-order valence-electron chi connectivity index (χ2n) is 9.58. The molecule has 37 heavy (non-hydrogen) atoms. The van der Waals surface area contributed by atoms with Crippen molar-refractivity contribution in [2.75, 3.05) is 11.5 Å². The largest absolute Gasteiger partial charge is 0.480 e. The van der Waals surface area contributed by atoms with Crippen molar-refractivity contribution < 1.29 is 29.1 Å². The molecule has 0 spiro atoms. The van der Waals surface area contributed by atoms with Gasteiger partial charge in [0.25, 0.3) is 5.91 Å². The Labute approximate surface area is 227 Å². The number of amides is 4. The predicted molar refractivity (Wildman–Crippen MR) is 147 cm³/mol. The number of allylic oxidation sites excluding steroid dienone is 3. The van der Waals surface area contributed by atoms with Crippen LogP contribution in [0.15, 0.2) is 23.9 Å². The molecule has 1 aliphatic heterocycles. The number of rotatable bonds is 7. The van der Waals surface area contributed by atoms with E-state index in [0.29, 0.717) is 0 Å². The van der Waals surface area contributed by atoms with Crippen LogP contribution in [0, 0.1) is 17.8 Å². The predicted octanol–water partition coefficient (Wildman–Crippen LogP) is 2.22. The zero-order chi connectivity index (χ0) is 28.1. The summed E-state index contributed by atoms with van der Waals surface area (Å²) in [5.74, 6) is -2.85. The van der Waals surface area contributed by atoms with E-state index >= 15 is 0 Å². The topological polar surface area (TPSA) is 154 Å². The van der Waals surface area contributed by atoms with Crippen LogP contribution in [0.1, 0.15) is 54.4 Å². The molecule has 10 nitrogen and oxygen atoms in total.